The van der Waals surface area contributed by atoms with Crippen LogP contribution in [0.25, 0.3) is 22.2 Å². The van der Waals surface area contributed by atoms with Crippen molar-refractivity contribution in [3.63, 3.8) is 0 Å². The molecule has 5 heteroatoms. The van der Waals surface area contributed by atoms with Crippen LogP contribution in [-0.4, -0.2) is 26.9 Å². The van der Waals surface area contributed by atoms with Crippen molar-refractivity contribution in [2.75, 3.05) is 11.9 Å². The number of hydrogen-bond donors (Lipinski definition) is 3. The molecule has 0 bridgehead atoms. The lowest BCUT2D eigenvalue weighted by molar-refractivity contribution is 0.281. The SMILES string of the molecule is OCCCC1Nc2ccccc2-c2cnnc3[nH]cc1c23. The van der Waals surface area contributed by atoms with E-state index in [1.807, 2.05) is 24.5 Å². The summed E-state index contributed by atoms with van der Waals surface area (Å²) in [5.41, 5.74) is 5.36. The van der Waals surface area contributed by atoms with Gasteiger partial charge in [0.05, 0.1) is 12.2 Å². The molecule has 0 saturated heterocycles. The number of nitrogens with zero attached hydrogens (tertiary/aromatic N) is 2. The molecule has 0 aliphatic carbocycles. The molecule has 1 atom stereocenters. The van der Waals surface area contributed by atoms with Gasteiger partial charge < -0.3 is 15.4 Å². The zero-order valence-electron chi connectivity index (χ0n) is 11.5. The fraction of sp³-hybridized carbons (Fsp3) is 0.250. The lowest BCUT2D eigenvalue weighted by Gasteiger charge is -2.18. The highest BCUT2D eigenvalue weighted by molar-refractivity contribution is 6.00. The molecular weight excluding hydrogens is 264 g/mol. The van der Waals surface area contributed by atoms with Gasteiger partial charge in [0.2, 0.25) is 0 Å². The van der Waals surface area contributed by atoms with Gasteiger partial charge in [-0.2, -0.15) is 5.10 Å². The van der Waals surface area contributed by atoms with E-state index in [0.717, 1.165) is 40.7 Å². The van der Waals surface area contributed by atoms with Gasteiger partial charge in [0.25, 0.3) is 0 Å². The lowest BCUT2D eigenvalue weighted by Crippen LogP contribution is -2.10. The minimum absolute atomic E-state index is 0.164. The Balaban J connectivity index is 1.98. The summed E-state index contributed by atoms with van der Waals surface area (Å²) in [6.45, 7) is 0.203. The van der Waals surface area contributed by atoms with Crippen LogP contribution in [-0.2, 0) is 0 Å². The number of benzene rings is 1. The molecule has 2 aromatic heterocycles. The van der Waals surface area contributed by atoms with Gasteiger partial charge in [0, 0.05) is 40.6 Å². The zero-order valence-corrected chi connectivity index (χ0v) is 11.5. The van der Waals surface area contributed by atoms with Crippen LogP contribution >= 0.6 is 0 Å². The van der Waals surface area contributed by atoms with E-state index in [9.17, 15) is 0 Å². The minimum Gasteiger partial charge on any atom is -0.396 e. The molecule has 1 aromatic carbocycles. The van der Waals surface area contributed by atoms with Crippen molar-refractivity contribution in [3.05, 3.63) is 42.2 Å². The topological polar surface area (TPSA) is 73.8 Å². The number of hydrogen-bond acceptors (Lipinski definition) is 4. The molecule has 0 fully saturated rings. The third kappa shape index (κ3) is 1.89. The van der Waals surface area contributed by atoms with Crippen LogP contribution in [0.2, 0.25) is 0 Å². The zero-order chi connectivity index (χ0) is 14.2. The number of aliphatic hydroxyl groups excluding tert-OH is 1. The van der Waals surface area contributed by atoms with Crippen molar-refractivity contribution in [3.8, 4) is 11.1 Å². The highest BCUT2D eigenvalue weighted by Crippen LogP contribution is 2.42. The smallest absolute Gasteiger partial charge is 0.160 e. The fourth-order valence-corrected chi connectivity index (χ4v) is 3.11. The second-order valence-electron chi connectivity index (χ2n) is 5.33. The Morgan fingerprint density at radius 2 is 2.10 bits per heavy atom. The first-order valence-electron chi connectivity index (χ1n) is 7.18. The molecule has 0 saturated carbocycles. The molecule has 0 radical (unpaired) electrons. The monoisotopic (exact) mass is 280 g/mol. The number of aromatic nitrogens is 3. The number of rotatable bonds is 3. The standard InChI is InChI=1S/C16H16N4O/c21-7-3-6-14-12-8-17-16-15(12)11(9-18-20-16)10-4-1-2-5-13(10)19-14/h1-2,4-5,8-9,14,19,21H,3,6-7H2,(H,17,20). The summed E-state index contributed by atoms with van der Waals surface area (Å²) < 4.78 is 0. The van der Waals surface area contributed by atoms with E-state index in [0.29, 0.717) is 0 Å². The molecular formula is C16H16N4O. The maximum absolute atomic E-state index is 9.14. The summed E-state index contributed by atoms with van der Waals surface area (Å²) in [6.07, 6.45) is 5.47. The molecule has 106 valence electrons. The average molecular weight is 280 g/mol. The third-order valence-corrected chi connectivity index (χ3v) is 4.08. The van der Waals surface area contributed by atoms with Crippen molar-refractivity contribution in [1.29, 1.82) is 0 Å². The van der Waals surface area contributed by atoms with Gasteiger partial charge >= 0.3 is 0 Å². The van der Waals surface area contributed by atoms with E-state index >= 15 is 0 Å². The first-order chi connectivity index (χ1) is 10.4. The summed E-state index contributed by atoms with van der Waals surface area (Å²) in [6, 6.07) is 8.42. The first-order valence-corrected chi connectivity index (χ1v) is 7.18. The van der Waals surface area contributed by atoms with E-state index in [-0.39, 0.29) is 12.6 Å². The highest BCUT2D eigenvalue weighted by Gasteiger charge is 2.24. The molecule has 1 unspecified atom stereocenters. The molecule has 3 heterocycles. The second kappa shape index (κ2) is 4.86. The quantitative estimate of drug-likeness (QED) is 0.689. The minimum atomic E-state index is 0.164. The van der Waals surface area contributed by atoms with E-state index in [2.05, 4.69) is 32.6 Å². The van der Waals surface area contributed by atoms with Crippen molar-refractivity contribution in [1.82, 2.24) is 15.2 Å². The Labute approximate surface area is 122 Å². The van der Waals surface area contributed by atoms with E-state index in [1.165, 1.54) is 5.56 Å². The van der Waals surface area contributed by atoms with Gasteiger partial charge in [-0.15, -0.1) is 5.10 Å². The number of anilines is 1. The predicted octanol–water partition coefficient (Wildman–Crippen LogP) is 2.86. The summed E-state index contributed by atoms with van der Waals surface area (Å²) >= 11 is 0. The average Bonchev–Trinajstić information content (AvgIpc) is 2.90. The molecule has 4 rings (SSSR count). The number of para-hydroxylation sites is 1. The van der Waals surface area contributed by atoms with Gasteiger partial charge in [0.1, 0.15) is 0 Å². The van der Waals surface area contributed by atoms with Crippen molar-refractivity contribution in [2.24, 2.45) is 0 Å². The fourth-order valence-electron chi connectivity index (χ4n) is 3.11. The number of aliphatic hydroxyl groups is 1. The Hall–Kier alpha value is -2.40. The highest BCUT2D eigenvalue weighted by atomic mass is 16.2. The van der Waals surface area contributed by atoms with Gasteiger partial charge in [0.15, 0.2) is 5.65 Å². The molecule has 3 N–H and O–H groups in total. The van der Waals surface area contributed by atoms with Crippen LogP contribution in [0.4, 0.5) is 5.69 Å². The summed E-state index contributed by atoms with van der Waals surface area (Å²) in [4.78, 5) is 3.21. The molecule has 21 heavy (non-hydrogen) atoms. The first kappa shape index (κ1) is 12.3. The maximum atomic E-state index is 9.14. The van der Waals surface area contributed by atoms with Crippen LogP contribution in [0.3, 0.4) is 0 Å². The Morgan fingerprint density at radius 3 is 3.00 bits per heavy atom. The van der Waals surface area contributed by atoms with Crippen LogP contribution in [0, 0.1) is 0 Å². The Kier molecular flexibility index (Phi) is 2.86. The summed E-state index contributed by atoms with van der Waals surface area (Å²) in [5.74, 6) is 0. The number of fused-ring (bicyclic) bond motifs is 2. The normalized spacial score (nSPS) is 16.3. The Morgan fingerprint density at radius 1 is 1.19 bits per heavy atom. The molecule has 0 amide bonds. The van der Waals surface area contributed by atoms with E-state index < -0.39 is 0 Å². The third-order valence-electron chi connectivity index (χ3n) is 4.08. The largest absolute Gasteiger partial charge is 0.396 e. The van der Waals surface area contributed by atoms with E-state index in [4.69, 9.17) is 5.11 Å². The van der Waals surface area contributed by atoms with Gasteiger partial charge in [-0.3, -0.25) is 0 Å². The summed E-state index contributed by atoms with van der Waals surface area (Å²) in [5, 5.41) is 22.2. The Bertz CT molecular complexity index is 796. The molecule has 1 aliphatic heterocycles. The second-order valence-corrected chi connectivity index (χ2v) is 5.33. The molecule has 0 spiro atoms. The van der Waals surface area contributed by atoms with E-state index in [1.54, 1.807) is 0 Å². The van der Waals surface area contributed by atoms with Crippen molar-refractivity contribution >= 4 is 16.7 Å². The van der Waals surface area contributed by atoms with Crippen LogP contribution in [0.1, 0.15) is 24.4 Å². The van der Waals surface area contributed by atoms with Gasteiger partial charge in [-0.25, -0.2) is 0 Å². The number of H-pyrrole nitrogens is 1. The van der Waals surface area contributed by atoms with Crippen LogP contribution in [0.15, 0.2) is 36.7 Å². The number of nitrogens with one attached hydrogen (secondary N) is 2. The van der Waals surface area contributed by atoms with Crippen molar-refractivity contribution in [2.45, 2.75) is 18.9 Å². The van der Waals surface area contributed by atoms with Crippen molar-refractivity contribution < 1.29 is 5.11 Å². The van der Waals surface area contributed by atoms with Gasteiger partial charge in [-0.1, -0.05) is 18.2 Å². The van der Waals surface area contributed by atoms with Crippen LogP contribution in [0.5, 0.6) is 0 Å². The maximum Gasteiger partial charge on any atom is 0.160 e. The molecule has 5 nitrogen and oxygen atoms in total. The van der Waals surface area contributed by atoms with Gasteiger partial charge in [-0.05, 0) is 18.9 Å². The predicted molar refractivity (Wildman–Crippen MR) is 82.0 cm³/mol. The number of aromatic amines is 1. The lowest BCUT2D eigenvalue weighted by atomic mass is 10.00. The molecule has 3 aromatic rings. The van der Waals surface area contributed by atoms with Crippen LogP contribution < -0.4 is 5.32 Å². The summed E-state index contributed by atoms with van der Waals surface area (Å²) in [7, 11) is 0. The molecule has 1 aliphatic rings.